The van der Waals surface area contributed by atoms with Crippen LogP contribution >= 0.6 is 58.0 Å². The van der Waals surface area contributed by atoms with Gasteiger partial charge in [-0.1, -0.05) is 34.8 Å². The molecule has 1 fully saturated rings. The van der Waals surface area contributed by atoms with E-state index >= 15 is 0 Å². The zero-order valence-corrected chi connectivity index (χ0v) is 21.5. The fourth-order valence-corrected chi connectivity index (χ4v) is 5.49. The number of halogens is 7. The molecule has 2 atom stereocenters. The molecule has 0 bridgehead atoms. The lowest BCUT2D eigenvalue weighted by molar-refractivity contribution is -0.117. The second kappa shape index (κ2) is 9.75. The first-order valence-electron chi connectivity index (χ1n) is 10.1. The zero-order valence-electron chi connectivity index (χ0n) is 17.8. The first kappa shape index (κ1) is 26.0. The fraction of sp³-hybridized carbons (Fsp3) is 0.167. The van der Waals surface area contributed by atoms with E-state index in [1.54, 1.807) is 18.2 Å². The average molecular weight is 579 g/mol. The van der Waals surface area contributed by atoms with Gasteiger partial charge in [-0.15, -0.1) is 23.2 Å². The van der Waals surface area contributed by atoms with Gasteiger partial charge in [-0.25, -0.2) is 8.78 Å². The predicted molar refractivity (Wildman–Crippen MR) is 136 cm³/mol. The van der Waals surface area contributed by atoms with Gasteiger partial charge in [0, 0.05) is 40.3 Å². The first-order valence-corrected chi connectivity index (χ1v) is 12.0. The van der Waals surface area contributed by atoms with Gasteiger partial charge in [0.25, 0.3) is 5.91 Å². The van der Waals surface area contributed by atoms with Crippen molar-refractivity contribution in [1.82, 2.24) is 0 Å². The molecule has 35 heavy (non-hydrogen) atoms. The molecule has 1 saturated carbocycles. The van der Waals surface area contributed by atoms with Crippen LogP contribution in [0, 0.1) is 17.6 Å². The summed E-state index contributed by atoms with van der Waals surface area (Å²) in [7, 11) is 1.39. The summed E-state index contributed by atoms with van der Waals surface area (Å²) < 4.78 is 25.8. The van der Waals surface area contributed by atoms with Crippen LogP contribution in [0.1, 0.15) is 21.8 Å². The number of nitrogens with one attached hydrogen (secondary N) is 1. The number of hydrogen-bond donors (Lipinski definition) is 1. The molecule has 0 radical (unpaired) electrons. The minimum Gasteiger partial charge on any atom is -0.326 e. The highest BCUT2D eigenvalue weighted by Gasteiger charge is 2.67. The molecule has 3 aromatic rings. The van der Waals surface area contributed by atoms with E-state index in [9.17, 15) is 18.4 Å². The van der Waals surface area contributed by atoms with E-state index in [4.69, 9.17) is 58.0 Å². The van der Waals surface area contributed by atoms with E-state index in [1.807, 2.05) is 0 Å². The maximum absolute atomic E-state index is 13.6. The molecular formula is C24H15Cl5F2N2O2. The SMILES string of the molecule is CN(C(=O)c1cc(F)cc(F)c1)c1cc(NC(=O)[C@H]2[C@H](c3cc(Cl)cc(Cl)c3)C2(Cl)Cl)ccc1Cl. The highest BCUT2D eigenvalue weighted by Crippen LogP contribution is 2.65. The van der Waals surface area contributed by atoms with Gasteiger partial charge in [0.05, 0.1) is 16.6 Å². The number of anilines is 2. The van der Waals surface area contributed by atoms with Crippen molar-refractivity contribution in [3.05, 3.63) is 92.4 Å². The summed E-state index contributed by atoms with van der Waals surface area (Å²) in [5.41, 5.74) is 0.928. The van der Waals surface area contributed by atoms with Crippen LogP contribution in [0.3, 0.4) is 0 Å². The van der Waals surface area contributed by atoms with Crippen molar-refractivity contribution in [2.45, 2.75) is 10.3 Å². The van der Waals surface area contributed by atoms with Gasteiger partial charge in [0.15, 0.2) is 0 Å². The summed E-state index contributed by atoms with van der Waals surface area (Å²) >= 11 is 31.2. The van der Waals surface area contributed by atoms with E-state index in [1.165, 1.54) is 25.2 Å². The molecule has 4 rings (SSSR count). The number of amides is 2. The van der Waals surface area contributed by atoms with E-state index in [2.05, 4.69) is 5.32 Å². The maximum atomic E-state index is 13.6. The Balaban J connectivity index is 1.55. The Bertz CT molecular complexity index is 1310. The molecule has 2 amide bonds. The largest absolute Gasteiger partial charge is 0.326 e. The van der Waals surface area contributed by atoms with Crippen LogP contribution in [-0.2, 0) is 4.79 Å². The molecule has 0 saturated heterocycles. The second-order valence-electron chi connectivity index (χ2n) is 8.01. The van der Waals surface area contributed by atoms with Gasteiger partial charge in [-0.05, 0) is 54.1 Å². The molecule has 4 nitrogen and oxygen atoms in total. The third-order valence-corrected chi connectivity index (χ3v) is 7.27. The second-order valence-corrected chi connectivity index (χ2v) is 10.7. The van der Waals surface area contributed by atoms with Crippen LogP contribution in [-0.4, -0.2) is 23.2 Å². The quantitative estimate of drug-likeness (QED) is 0.315. The van der Waals surface area contributed by atoms with Crippen LogP contribution in [0.4, 0.5) is 20.2 Å². The molecule has 1 N–H and O–H groups in total. The molecule has 182 valence electrons. The minimum atomic E-state index is -1.37. The standard InChI is InChI=1S/C24H15Cl5F2N2O2/c1-33(23(35)12-6-15(30)9-16(31)7-12)19-10-17(2-3-18(19)27)32-22(34)21-20(24(21,28)29)11-4-13(25)8-14(26)5-11/h2-10,20-21H,1H3,(H,32,34)/t20-,21+/m0/s1. The Morgan fingerprint density at radius 1 is 0.914 bits per heavy atom. The Morgan fingerprint density at radius 3 is 2.11 bits per heavy atom. The lowest BCUT2D eigenvalue weighted by atomic mass is 10.1. The van der Waals surface area contributed by atoms with Gasteiger partial charge in [-0.3, -0.25) is 9.59 Å². The number of nitrogens with zero attached hydrogens (tertiary/aromatic N) is 1. The van der Waals surface area contributed by atoms with Crippen LogP contribution in [0.5, 0.6) is 0 Å². The van der Waals surface area contributed by atoms with Crippen LogP contribution in [0.15, 0.2) is 54.6 Å². The summed E-state index contributed by atoms with van der Waals surface area (Å²) in [4.78, 5) is 26.9. The molecule has 3 aromatic carbocycles. The molecule has 1 aliphatic carbocycles. The van der Waals surface area contributed by atoms with Crippen LogP contribution in [0.25, 0.3) is 0 Å². The molecule has 0 unspecified atom stereocenters. The Kier molecular flexibility index (Phi) is 7.24. The van der Waals surface area contributed by atoms with E-state index < -0.39 is 39.6 Å². The summed E-state index contributed by atoms with van der Waals surface area (Å²) in [5.74, 6) is -4.28. The summed E-state index contributed by atoms with van der Waals surface area (Å²) in [6.45, 7) is 0. The Hall–Kier alpha value is -2.09. The summed E-state index contributed by atoms with van der Waals surface area (Å²) in [6.07, 6.45) is 0. The molecule has 0 heterocycles. The average Bonchev–Trinajstić information content (AvgIpc) is 3.34. The molecule has 0 spiro atoms. The Labute approximate surface area is 224 Å². The number of rotatable bonds is 5. The van der Waals surface area contributed by atoms with Gasteiger partial charge < -0.3 is 10.2 Å². The number of alkyl halides is 2. The zero-order chi connectivity index (χ0) is 25.7. The van der Waals surface area contributed by atoms with E-state index in [-0.39, 0.29) is 16.3 Å². The van der Waals surface area contributed by atoms with Crippen molar-refractivity contribution in [2.75, 3.05) is 17.3 Å². The third kappa shape index (κ3) is 5.37. The van der Waals surface area contributed by atoms with Crippen molar-refractivity contribution in [3.63, 3.8) is 0 Å². The number of hydrogen-bond acceptors (Lipinski definition) is 2. The smallest absolute Gasteiger partial charge is 0.258 e. The molecule has 11 heteroatoms. The molecule has 1 aliphatic rings. The van der Waals surface area contributed by atoms with Crippen molar-refractivity contribution in [2.24, 2.45) is 5.92 Å². The van der Waals surface area contributed by atoms with Gasteiger partial charge in [0.1, 0.15) is 16.0 Å². The monoisotopic (exact) mass is 576 g/mol. The topological polar surface area (TPSA) is 49.4 Å². The fourth-order valence-electron chi connectivity index (χ4n) is 3.87. The third-order valence-electron chi connectivity index (χ3n) is 5.57. The molecule has 0 aliphatic heterocycles. The van der Waals surface area contributed by atoms with Gasteiger partial charge >= 0.3 is 0 Å². The Morgan fingerprint density at radius 2 is 1.51 bits per heavy atom. The first-order chi connectivity index (χ1) is 16.4. The van der Waals surface area contributed by atoms with E-state index in [0.29, 0.717) is 27.4 Å². The molecular weight excluding hydrogens is 564 g/mol. The predicted octanol–water partition coefficient (Wildman–Crippen LogP) is 7.73. The van der Waals surface area contributed by atoms with Gasteiger partial charge in [0.2, 0.25) is 5.91 Å². The molecule has 0 aromatic heterocycles. The van der Waals surface area contributed by atoms with Crippen molar-refractivity contribution >= 4 is 81.2 Å². The summed E-state index contributed by atoms with van der Waals surface area (Å²) in [6, 6.07) is 11.8. The van der Waals surface area contributed by atoms with E-state index in [0.717, 1.165) is 17.0 Å². The lowest BCUT2D eigenvalue weighted by Gasteiger charge is -2.20. The van der Waals surface area contributed by atoms with Crippen LogP contribution in [0.2, 0.25) is 15.1 Å². The highest BCUT2D eigenvalue weighted by atomic mass is 35.5. The lowest BCUT2D eigenvalue weighted by Crippen LogP contribution is -2.27. The number of carbonyl (C=O) groups excluding carboxylic acids is 2. The number of carbonyl (C=O) groups is 2. The number of benzene rings is 3. The normalized spacial score (nSPS) is 18.2. The maximum Gasteiger partial charge on any atom is 0.258 e. The van der Waals surface area contributed by atoms with Crippen LogP contribution < -0.4 is 10.2 Å². The minimum absolute atomic E-state index is 0.178. The van der Waals surface area contributed by atoms with Crippen molar-refractivity contribution < 1.29 is 18.4 Å². The summed E-state index contributed by atoms with van der Waals surface area (Å²) in [5, 5.41) is 3.67. The van der Waals surface area contributed by atoms with Crippen molar-refractivity contribution in [1.29, 1.82) is 0 Å². The van der Waals surface area contributed by atoms with Crippen molar-refractivity contribution in [3.8, 4) is 0 Å². The highest BCUT2D eigenvalue weighted by molar-refractivity contribution is 6.53. The van der Waals surface area contributed by atoms with Gasteiger partial charge in [-0.2, -0.15) is 0 Å².